The van der Waals surface area contributed by atoms with Crippen LogP contribution in [0.2, 0.25) is 0 Å². The van der Waals surface area contributed by atoms with E-state index < -0.39 is 21.8 Å². The van der Waals surface area contributed by atoms with E-state index in [1.54, 1.807) is 13.0 Å². The topological polar surface area (TPSA) is 73.9 Å². The zero-order chi connectivity index (χ0) is 20.9. The summed E-state index contributed by atoms with van der Waals surface area (Å²) in [6, 6.07) is 7.03. The van der Waals surface area contributed by atoms with Crippen molar-refractivity contribution in [2.24, 2.45) is 0 Å². The van der Waals surface area contributed by atoms with E-state index in [2.05, 4.69) is 4.72 Å². The Labute approximate surface area is 161 Å². The van der Waals surface area contributed by atoms with Gasteiger partial charge in [0.2, 0.25) is 0 Å². The van der Waals surface area contributed by atoms with Crippen LogP contribution >= 0.6 is 0 Å². The predicted octanol–water partition coefficient (Wildman–Crippen LogP) is 3.85. The maximum Gasteiger partial charge on any atom is 0.416 e. The summed E-state index contributed by atoms with van der Waals surface area (Å²) < 4.78 is 82.3. The fraction of sp³-hybridized carbons (Fsp3) is 0.333. The minimum absolute atomic E-state index is 0.0321. The number of nitrogens with one attached hydrogen (secondary N) is 1. The van der Waals surface area contributed by atoms with Crippen molar-refractivity contribution >= 4 is 15.7 Å². The molecule has 2 rings (SSSR count). The van der Waals surface area contributed by atoms with Crippen molar-refractivity contribution in [3.63, 3.8) is 0 Å². The van der Waals surface area contributed by atoms with Crippen LogP contribution in [0.3, 0.4) is 0 Å². The van der Waals surface area contributed by atoms with Gasteiger partial charge in [-0.1, -0.05) is 6.07 Å². The van der Waals surface area contributed by atoms with E-state index in [-0.39, 0.29) is 35.3 Å². The second-order valence-corrected chi connectivity index (χ2v) is 7.46. The lowest BCUT2D eigenvalue weighted by Gasteiger charge is -2.17. The van der Waals surface area contributed by atoms with E-state index in [9.17, 15) is 21.6 Å². The van der Waals surface area contributed by atoms with Gasteiger partial charge in [0.05, 0.1) is 25.0 Å². The number of hydrogen-bond donors (Lipinski definition) is 1. The summed E-state index contributed by atoms with van der Waals surface area (Å²) in [7, 11) is -1.51. The highest BCUT2D eigenvalue weighted by Crippen LogP contribution is 2.36. The van der Waals surface area contributed by atoms with Crippen molar-refractivity contribution in [3.05, 3.63) is 47.5 Å². The first kappa shape index (κ1) is 21.8. The molecule has 0 saturated carbocycles. The Bertz CT molecular complexity index is 929. The summed E-state index contributed by atoms with van der Waals surface area (Å²) in [5.74, 6) is 0.00664. The van der Waals surface area contributed by atoms with E-state index in [1.165, 1.54) is 26.4 Å². The molecule has 0 fully saturated rings. The molecule has 0 amide bonds. The first-order valence-electron chi connectivity index (χ1n) is 8.09. The highest BCUT2D eigenvalue weighted by Gasteiger charge is 2.32. The van der Waals surface area contributed by atoms with Gasteiger partial charge in [0.15, 0.2) is 0 Å². The lowest BCUT2D eigenvalue weighted by molar-refractivity contribution is -0.137. The van der Waals surface area contributed by atoms with Crippen LogP contribution in [-0.2, 0) is 20.9 Å². The fourth-order valence-corrected chi connectivity index (χ4v) is 3.66. The lowest BCUT2D eigenvalue weighted by atomic mass is 10.2. The molecule has 0 atom stereocenters. The Hall–Kier alpha value is -2.46. The number of rotatable bonds is 8. The van der Waals surface area contributed by atoms with Crippen molar-refractivity contribution in [3.8, 4) is 11.5 Å². The van der Waals surface area contributed by atoms with Crippen LogP contribution in [0.5, 0.6) is 11.5 Å². The Morgan fingerprint density at radius 3 is 2.29 bits per heavy atom. The molecule has 1 N–H and O–H groups in total. The second-order valence-electron chi connectivity index (χ2n) is 5.81. The van der Waals surface area contributed by atoms with Gasteiger partial charge >= 0.3 is 6.18 Å². The molecule has 2 aromatic rings. The molecule has 0 unspecified atom stereocenters. The molecule has 0 saturated heterocycles. The Morgan fingerprint density at radius 1 is 1.00 bits per heavy atom. The number of anilines is 1. The summed E-state index contributed by atoms with van der Waals surface area (Å²) in [4.78, 5) is -0.199. The van der Waals surface area contributed by atoms with Crippen molar-refractivity contribution in [2.45, 2.75) is 18.0 Å². The molecule has 154 valence electrons. The maximum absolute atomic E-state index is 13.1. The number of hydrogen-bond acceptors (Lipinski definition) is 5. The molecule has 0 radical (unpaired) electrons. The molecular weight excluding hydrogens is 399 g/mol. The summed E-state index contributed by atoms with van der Waals surface area (Å²) in [5.41, 5.74) is -0.711. The van der Waals surface area contributed by atoms with Crippen molar-refractivity contribution < 1.29 is 35.8 Å². The van der Waals surface area contributed by atoms with Crippen LogP contribution < -0.4 is 14.2 Å². The monoisotopic (exact) mass is 419 g/mol. The molecule has 10 heteroatoms. The third kappa shape index (κ3) is 5.29. The van der Waals surface area contributed by atoms with Crippen molar-refractivity contribution in [1.82, 2.24) is 0 Å². The maximum atomic E-state index is 13.1. The summed E-state index contributed by atoms with van der Waals surface area (Å²) >= 11 is 0. The van der Waals surface area contributed by atoms with Gasteiger partial charge in [-0.05, 0) is 42.8 Å². The van der Waals surface area contributed by atoms with Gasteiger partial charge < -0.3 is 14.2 Å². The second kappa shape index (κ2) is 8.70. The molecule has 0 aliphatic carbocycles. The number of halogens is 3. The lowest BCUT2D eigenvalue weighted by Crippen LogP contribution is -2.17. The largest absolute Gasteiger partial charge is 0.495 e. The quantitative estimate of drug-likeness (QED) is 0.658. The molecule has 28 heavy (non-hydrogen) atoms. The standard InChI is InChI=1S/C18H20F3NO5S/c1-12-4-6-16(26-3)17(10-12)28(23,24)22-14-11-13(18(19,20)21)5-7-15(14)27-9-8-25-2/h4-7,10-11,22H,8-9H2,1-3H3. The normalized spacial score (nSPS) is 11.9. The van der Waals surface area contributed by atoms with Crippen LogP contribution in [0.25, 0.3) is 0 Å². The number of benzene rings is 2. The molecule has 2 aromatic carbocycles. The predicted molar refractivity (Wildman–Crippen MR) is 97.4 cm³/mol. The first-order chi connectivity index (χ1) is 13.1. The van der Waals surface area contributed by atoms with Gasteiger partial charge in [-0.2, -0.15) is 13.2 Å². The minimum Gasteiger partial charge on any atom is -0.495 e. The third-order valence-corrected chi connectivity index (χ3v) is 5.09. The van der Waals surface area contributed by atoms with E-state index in [0.29, 0.717) is 11.6 Å². The van der Waals surface area contributed by atoms with Gasteiger partial charge in [-0.3, -0.25) is 4.72 Å². The summed E-state index contributed by atoms with van der Waals surface area (Å²) in [6.07, 6.45) is -4.65. The van der Waals surface area contributed by atoms with E-state index in [1.807, 2.05) is 0 Å². The number of alkyl halides is 3. The Kier molecular flexibility index (Phi) is 6.78. The summed E-state index contributed by atoms with van der Waals surface area (Å²) in [6.45, 7) is 1.89. The number of sulfonamides is 1. The SMILES string of the molecule is COCCOc1ccc(C(F)(F)F)cc1NS(=O)(=O)c1cc(C)ccc1OC. The van der Waals surface area contributed by atoms with Crippen LogP contribution in [0, 0.1) is 6.92 Å². The average molecular weight is 419 g/mol. The zero-order valence-electron chi connectivity index (χ0n) is 15.5. The number of methoxy groups -OCH3 is 2. The Morgan fingerprint density at radius 2 is 1.68 bits per heavy atom. The number of ether oxygens (including phenoxy) is 3. The van der Waals surface area contributed by atoms with E-state index in [4.69, 9.17) is 14.2 Å². The highest BCUT2D eigenvalue weighted by molar-refractivity contribution is 7.92. The highest BCUT2D eigenvalue weighted by atomic mass is 32.2. The van der Waals surface area contributed by atoms with Crippen molar-refractivity contribution in [2.75, 3.05) is 32.2 Å². The average Bonchev–Trinajstić information content (AvgIpc) is 2.62. The van der Waals surface area contributed by atoms with Gasteiger partial charge in [0.1, 0.15) is 23.0 Å². The Balaban J connectivity index is 2.48. The van der Waals surface area contributed by atoms with Gasteiger partial charge in [0, 0.05) is 7.11 Å². The molecule has 0 spiro atoms. The molecule has 0 heterocycles. The van der Waals surface area contributed by atoms with E-state index >= 15 is 0 Å². The smallest absolute Gasteiger partial charge is 0.416 e. The van der Waals surface area contributed by atoms with Crippen LogP contribution in [0.15, 0.2) is 41.3 Å². The van der Waals surface area contributed by atoms with Crippen molar-refractivity contribution in [1.29, 1.82) is 0 Å². The third-order valence-electron chi connectivity index (χ3n) is 3.70. The van der Waals surface area contributed by atoms with Gasteiger partial charge in [-0.15, -0.1) is 0 Å². The van der Waals surface area contributed by atoms with Gasteiger partial charge in [-0.25, -0.2) is 8.42 Å². The molecule has 0 aliphatic heterocycles. The van der Waals surface area contributed by atoms with Crippen LogP contribution in [-0.4, -0.2) is 35.9 Å². The van der Waals surface area contributed by atoms with E-state index in [0.717, 1.165) is 12.1 Å². The molecule has 0 bridgehead atoms. The fourth-order valence-electron chi connectivity index (χ4n) is 2.34. The van der Waals surface area contributed by atoms with Crippen LogP contribution in [0.4, 0.5) is 18.9 Å². The minimum atomic E-state index is -4.65. The molecule has 6 nitrogen and oxygen atoms in total. The number of aryl methyl sites for hydroxylation is 1. The van der Waals surface area contributed by atoms with Crippen LogP contribution in [0.1, 0.15) is 11.1 Å². The zero-order valence-corrected chi connectivity index (χ0v) is 16.3. The molecule has 0 aliphatic rings. The first-order valence-corrected chi connectivity index (χ1v) is 9.57. The van der Waals surface area contributed by atoms with Gasteiger partial charge in [0.25, 0.3) is 10.0 Å². The molecule has 0 aromatic heterocycles. The molecular formula is C18H20F3NO5S. The summed E-state index contributed by atoms with van der Waals surface area (Å²) in [5, 5.41) is 0.